The van der Waals surface area contributed by atoms with Gasteiger partial charge in [0.05, 0.1) is 5.52 Å². The second-order valence-electron chi connectivity index (χ2n) is 2.62. The van der Waals surface area contributed by atoms with E-state index in [1.807, 2.05) is 30.3 Å². The van der Waals surface area contributed by atoms with Crippen molar-refractivity contribution in [1.82, 2.24) is 9.78 Å². The van der Waals surface area contributed by atoms with Crippen LogP contribution in [0, 0.1) is 11.3 Å². The van der Waals surface area contributed by atoms with Gasteiger partial charge in [0.2, 0.25) is 0 Å². The maximum Gasteiger partial charge on any atom is 0.170 e. The summed E-state index contributed by atoms with van der Waals surface area (Å²) in [6.45, 7) is -0.206. The van der Waals surface area contributed by atoms with Crippen LogP contribution >= 0.6 is 0 Å². The first-order valence-corrected chi connectivity index (χ1v) is 3.83. The van der Waals surface area contributed by atoms with E-state index in [1.165, 1.54) is 4.68 Å². The molecule has 1 aromatic heterocycles. The summed E-state index contributed by atoms with van der Waals surface area (Å²) in [6.07, 6.45) is 0. The molecule has 0 saturated heterocycles. The molecule has 0 aliphatic rings. The number of aromatic nitrogens is 2. The number of hydrogen-bond donors (Lipinski definition) is 1. The summed E-state index contributed by atoms with van der Waals surface area (Å²) in [5, 5.41) is 22.4. The van der Waals surface area contributed by atoms with Crippen LogP contribution in [0.2, 0.25) is 0 Å². The van der Waals surface area contributed by atoms with E-state index in [0.29, 0.717) is 5.69 Å². The van der Waals surface area contributed by atoms with Gasteiger partial charge in [-0.05, 0) is 12.1 Å². The number of nitriles is 1. The van der Waals surface area contributed by atoms with Crippen LogP contribution in [0.25, 0.3) is 10.9 Å². The smallest absolute Gasteiger partial charge is 0.170 e. The van der Waals surface area contributed by atoms with Crippen LogP contribution in [0.3, 0.4) is 0 Å². The lowest BCUT2D eigenvalue weighted by atomic mass is 10.2. The van der Waals surface area contributed by atoms with Crippen molar-refractivity contribution in [2.24, 2.45) is 0 Å². The number of fused-ring (bicyclic) bond motifs is 1. The zero-order chi connectivity index (χ0) is 9.26. The molecular weight excluding hydrogens is 166 g/mol. The molecule has 2 aromatic rings. The standard InChI is InChI=1S/C9H7N3O/c10-5-8-7-3-1-2-4-9(7)12(6-13)11-8/h1-4,13H,6H2. The molecule has 2 rings (SSSR count). The molecule has 13 heavy (non-hydrogen) atoms. The van der Waals surface area contributed by atoms with E-state index >= 15 is 0 Å². The minimum absolute atomic E-state index is 0.206. The average Bonchev–Trinajstić information content (AvgIpc) is 2.56. The zero-order valence-electron chi connectivity index (χ0n) is 6.81. The van der Waals surface area contributed by atoms with Crippen molar-refractivity contribution in [2.75, 3.05) is 0 Å². The predicted octanol–water partition coefficient (Wildman–Crippen LogP) is 0.858. The first-order valence-electron chi connectivity index (χ1n) is 3.83. The summed E-state index contributed by atoms with van der Waals surface area (Å²) >= 11 is 0. The zero-order valence-corrected chi connectivity index (χ0v) is 6.81. The summed E-state index contributed by atoms with van der Waals surface area (Å²) in [5.74, 6) is 0. The summed E-state index contributed by atoms with van der Waals surface area (Å²) < 4.78 is 1.40. The van der Waals surface area contributed by atoms with E-state index in [4.69, 9.17) is 10.4 Å². The second kappa shape index (κ2) is 2.88. The molecule has 1 heterocycles. The number of aliphatic hydroxyl groups is 1. The van der Waals surface area contributed by atoms with Crippen LogP contribution in [-0.2, 0) is 6.73 Å². The van der Waals surface area contributed by atoms with Crippen LogP contribution in [0.5, 0.6) is 0 Å². The molecule has 0 fully saturated rings. The quantitative estimate of drug-likeness (QED) is 0.695. The topological polar surface area (TPSA) is 61.8 Å². The van der Waals surface area contributed by atoms with Gasteiger partial charge in [0.1, 0.15) is 12.8 Å². The summed E-state index contributed by atoms with van der Waals surface area (Å²) in [7, 11) is 0. The van der Waals surface area contributed by atoms with E-state index in [-0.39, 0.29) is 6.73 Å². The van der Waals surface area contributed by atoms with Gasteiger partial charge in [0, 0.05) is 5.39 Å². The molecular formula is C9H7N3O. The molecule has 1 N–H and O–H groups in total. The fourth-order valence-corrected chi connectivity index (χ4v) is 1.32. The number of benzene rings is 1. The van der Waals surface area contributed by atoms with Gasteiger partial charge in [0.15, 0.2) is 5.69 Å². The Kier molecular flexibility index (Phi) is 1.72. The lowest BCUT2D eigenvalue weighted by Gasteiger charge is -1.94. The molecule has 0 amide bonds. The number of para-hydroxylation sites is 1. The molecule has 0 aliphatic heterocycles. The van der Waals surface area contributed by atoms with Gasteiger partial charge < -0.3 is 5.11 Å². The lowest BCUT2D eigenvalue weighted by molar-refractivity contribution is 0.200. The SMILES string of the molecule is N#Cc1nn(CO)c2ccccc12. The highest BCUT2D eigenvalue weighted by Crippen LogP contribution is 2.16. The second-order valence-corrected chi connectivity index (χ2v) is 2.62. The molecule has 0 saturated carbocycles. The highest BCUT2D eigenvalue weighted by atomic mass is 16.3. The van der Waals surface area contributed by atoms with Crippen molar-refractivity contribution < 1.29 is 5.11 Å². The van der Waals surface area contributed by atoms with Crippen LogP contribution in [0.1, 0.15) is 5.69 Å². The van der Waals surface area contributed by atoms with E-state index < -0.39 is 0 Å². The van der Waals surface area contributed by atoms with Gasteiger partial charge in [-0.3, -0.25) is 0 Å². The van der Waals surface area contributed by atoms with Crippen LogP contribution in [-0.4, -0.2) is 14.9 Å². The summed E-state index contributed by atoms with van der Waals surface area (Å²) in [6, 6.07) is 9.30. The van der Waals surface area contributed by atoms with E-state index in [2.05, 4.69) is 5.10 Å². The number of aliphatic hydroxyl groups excluding tert-OH is 1. The van der Waals surface area contributed by atoms with Crippen LogP contribution < -0.4 is 0 Å². The number of hydrogen-bond acceptors (Lipinski definition) is 3. The van der Waals surface area contributed by atoms with Crippen LogP contribution in [0.15, 0.2) is 24.3 Å². The van der Waals surface area contributed by atoms with E-state index in [0.717, 1.165) is 10.9 Å². The number of rotatable bonds is 1. The van der Waals surface area contributed by atoms with Crippen molar-refractivity contribution in [3.8, 4) is 6.07 Å². The fraction of sp³-hybridized carbons (Fsp3) is 0.111. The van der Waals surface area contributed by atoms with Gasteiger partial charge >= 0.3 is 0 Å². The Bertz CT molecular complexity index is 481. The molecule has 0 radical (unpaired) electrons. The highest BCUT2D eigenvalue weighted by molar-refractivity contribution is 5.83. The third kappa shape index (κ3) is 1.06. The molecule has 4 nitrogen and oxygen atoms in total. The molecule has 0 spiro atoms. The van der Waals surface area contributed by atoms with Gasteiger partial charge in [-0.1, -0.05) is 12.1 Å². The minimum atomic E-state index is -0.206. The average molecular weight is 173 g/mol. The molecule has 4 heteroatoms. The Morgan fingerprint density at radius 1 is 1.46 bits per heavy atom. The predicted molar refractivity (Wildman–Crippen MR) is 46.7 cm³/mol. The van der Waals surface area contributed by atoms with Gasteiger partial charge in [-0.15, -0.1) is 0 Å². The van der Waals surface area contributed by atoms with Gasteiger partial charge in [-0.25, -0.2) is 4.68 Å². The minimum Gasteiger partial charge on any atom is -0.374 e. The van der Waals surface area contributed by atoms with Crippen molar-refractivity contribution in [2.45, 2.75) is 6.73 Å². The third-order valence-corrected chi connectivity index (χ3v) is 1.90. The maximum absolute atomic E-state index is 8.94. The van der Waals surface area contributed by atoms with Gasteiger partial charge in [-0.2, -0.15) is 10.4 Å². The Balaban J connectivity index is 2.84. The Hall–Kier alpha value is -1.86. The fourth-order valence-electron chi connectivity index (χ4n) is 1.32. The summed E-state index contributed by atoms with van der Waals surface area (Å²) in [5.41, 5.74) is 1.13. The van der Waals surface area contributed by atoms with Crippen LogP contribution in [0.4, 0.5) is 0 Å². The molecule has 0 aliphatic carbocycles. The molecule has 0 bridgehead atoms. The maximum atomic E-state index is 8.94. The molecule has 0 unspecified atom stereocenters. The van der Waals surface area contributed by atoms with Gasteiger partial charge in [0.25, 0.3) is 0 Å². The third-order valence-electron chi connectivity index (χ3n) is 1.90. The summed E-state index contributed by atoms with van der Waals surface area (Å²) in [4.78, 5) is 0. The van der Waals surface area contributed by atoms with E-state index in [1.54, 1.807) is 0 Å². The van der Waals surface area contributed by atoms with Crippen molar-refractivity contribution in [3.05, 3.63) is 30.0 Å². The molecule has 1 aromatic carbocycles. The van der Waals surface area contributed by atoms with Crippen molar-refractivity contribution in [3.63, 3.8) is 0 Å². The lowest BCUT2D eigenvalue weighted by Crippen LogP contribution is -1.98. The Morgan fingerprint density at radius 2 is 2.23 bits per heavy atom. The Labute approximate surface area is 74.6 Å². The highest BCUT2D eigenvalue weighted by Gasteiger charge is 2.07. The Morgan fingerprint density at radius 3 is 2.92 bits per heavy atom. The molecule has 0 atom stereocenters. The first kappa shape index (κ1) is 7.77. The van der Waals surface area contributed by atoms with Crippen molar-refractivity contribution in [1.29, 1.82) is 5.26 Å². The normalized spacial score (nSPS) is 10.2. The van der Waals surface area contributed by atoms with Crippen molar-refractivity contribution >= 4 is 10.9 Å². The molecule has 64 valence electrons. The monoisotopic (exact) mass is 173 g/mol. The first-order chi connectivity index (χ1) is 6.36. The number of nitrogens with zero attached hydrogens (tertiary/aromatic N) is 3. The van der Waals surface area contributed by atoms with E-state index in [9.17, 15) is 0 Å². The largest absolute Gasteiger partial charge is 0.374 e.